The molecule has 3 rings (SSSR count). The van der Waals surface area contributed by atoms with E-state index in [1.54, 1.807) is 41.8 Å². The van der Waals surface area contributed by atoms with Crippen molar-refractivity contribution in [2.45, 2.75) is 50.2 Å². The summed E-state index contributed by atoms with van der Waals surface area (Å²) in [6.45, 7) is 6.76. The van der Waals surface area contributed by atoms with E-state index < -0.39 is 5.25 Å². The Morgan fingerprint density at radius 3 is 2.71 bits per heavy atom. The molecule has 164 valence electrons. The minimum Gasteiger partial charge on any atom is -0.379 e. The minimum absolute atomic E-state index is 0.111. The average Bonchev–Trinajstić information content (AvgIpc) is 2.72. The highest BCUT2D eigenvalue weighted by Crippen LogP contribution is 2.24. The van der Waals surface area contributed by atoms with Gasteiger partial charge in [0.05, 0.1) is 22.3 Å². The fourth-order valence-electron chi connectivity index (χ4n) is 3.00. The molecule has 1 heterocycles. The van der Waals surface area contributed by atoms with Gasteiger partial charge < -0.3 is 10.1 Å². The summed E-state index contributed by atoms with van der Waals surface area (Å²) in [5.74, 6) is -0.190. The molecule has 1 unspecified atom stereocenters. The molecule has 0 aliphatic carbocycles. The molecular formula is C23H26ClN3O3S. The first-order valence-corrected chi connectivity index (χ1v) is 11.4. The molecule has 0 fully saturated rings. The standard InChI is InChI=1S/C23H26ClN3O3S/c1-15(2)30-13-7-12-27-22(29)19-10-4-5-11-20(19)26-23(27)31-16(3)21(28)25-18-9-6-8-17(24)14-18/h4-6,8-11,14-16H,7,12-13H2,1-3H3,(H,25,28). The van der Waals surface area contributed by atoms with E-state index in [1.165, 1.54) is 11.8 Å². The van der Waals surface area contributed by atoms with E-state index in [0.717, 1.165) is 0 Å². The summed E-state index contributed by atoms with van der Waals surface area (Å²) in [6, 6.07) is 14.2. The van der Waals surface area contributed by atoms with Crippen molar-refractivity contribution in [2.75, 3.05) is 11.9 Å². The highest BCUT2D eigenvalue weighted by Gasteiger charge is 2.19. The summed E-state index contributed by atoms with van der Waals surface area (Å²) >= 11 is 7.26. The van der Waals surface area contributed by atoms with Gasteiger partial charge in [-0.05, 0) is 57.5 Å². The normalized spacial score (nSPS) is 12.3. The third-order valence-electron chi connectivity index (χ3n) is 4.55. The Labute approximate surface area is 191 Å². The van der Waals surface area contributed by atoms with Gasteiger partial charge in [-0.2, -0.15) is 0 Å². The first-order valence-electron chi connectivity index (χ1n) is 10.2. The second kappa shape index (κ2) is 10.8. The lowest BCUT2D eigenvalue weighted by atomic mass is 10.2. The largest absolute Gasteiger partial charge is 0.379 e. The number of para-hydroxylation sites is 1. The Balaban J connectivity index is 1.82. The van der Waals surface area contributed by atoms with Crippen LogP contribution in [-0.4, -0.2) is 33.4 Å². The Kier molecular flexibility index (Phi) is 8.12. The van der Waals surface area contributed by atoms with E-state index in [9.17, 15) is 9.59 Å². The van der Waals surface area contributed by atoms with Crippen LogP contribution in [0.3, 0.4) is 0 Å². The highest BCUT2D eigenvalue weighted by molar-refractivity contribution is 8.00. The summed E-state index contributed by atoms with van der Waals surface area (Å²) in [4.78, 5) is 30.5. The van der Waals surface area contributed by atoms with E-state index in [4.69, 9.17) is 16.3 Å². The van der Waals surface area contributed by atoms with Gasteiger partial charge in [-0.15, -0.1) is 0 Å². The molecule has 3 aromatic rings. The second-order valence-corrected chi connectivity index (χ2v) is 9.15. The van der Waals surface area contributed by atoms with Gasteiger partial charge in [-0.25, -0.2) is 4.98 Å². The molecule has 2 aromatic carbocycles. The van der Waals surface area contributed by atoms with Crippen molar-refractivity contribution in [1.29, 1.82) is 0 Å². The lowest BCUT2D eigenvalue weighted by molar-refractivity contribution is -0.115. The SMILES string of the molecule is CC(C)OCCCn1c(SC(C)C(=O)Nc2cccc(Cl)c2)nc2ccccc2c1=O. The molecule has 6 nitrogen and oxygen atoms in total. The summed E-state index contributed by atoms with van der Waals surface area (Å²) in [5, 5.41) is 4.02. The predicted octanol–water partition coefficient (Wildman–Crippen LogP) is 4.98. The number of nitrogens with one attached hydrogen (secondary N) is 1. The summed E-state index contributed by atoms with van der Waals surface area (Å²) in [5.41, 5.74) is 1.13. The van der Waals surface area contributed by atoms with Crippen molar-refractivity contribution in [3.05, 3.63) is 63.9 Å². The third-order valence-corrected chi connectivity index (χ3v) is 5.87. The van der Waals surface area contributed by atoms with Crippen LogP contribution in [0, 0.1) is 0 Å². The maximum Gasteiger partial charge on any atom is 0.262 e. The van der Waals surface area contributed by atoms with Crippen molar-refractivity contribution in [3.8, 4) is 0 Å². The quantitative estimate of drug-likeness (QED) is 0.277. The van der Waals surface area contributed by atoms with Crippen LogP contribution in [-0.2, 0) is 16.1 Å². The van der Waals surface area contributed by atoms with Crippen molar-refractivity contribution in [2.24, 2.45) is 0 Å². The van der Waals surface area contributed by atoms with Gasteiger partial charge in [0, 0.05) is 23.9 Å². The Bertz CT molecular complexity index is 1120. The van der Waals surface area contributed by atoms with E-state index in [0.29, 0.717) is 46.3 Å². The second-order valence-electron chi connectivity index (χ2n) is 7.40. The van der Waals surface area contributed by atoms with Crippen LogP contribution in [0.25, 0.3) is 10.9 Å². The predicted molar refractivity (Wildman–Crippen MR) is 127 cm³/mol. The van der Waals surface area contributed by atoms with Crippen LogP contribution in [0.4, 0.5) is 5.69 Å². The number of ether oxygens (including phenoxy) is 1. The van der Waals surface area contributed by atoms with Crippen molar-refractivity contribution in [1.82, 2.24) is 9.55 Å². The molecular weight excluding hydrogens is 434 g/mol. The van der Waals surface area contributed by atoms with Crippen LogP contribution in [0.15, 0.2) is 58.5 Å². The van der Waals surface area contributed by atoms with Crippen LogP contribution in [0.1, 0.15) is 27.2 Å². The molecule has 0 saturated heterocycles. The van der Waals surface area contributed by atoms with Gasteiger partial charge in [-0.1, -0.05) is 41.6 Å². The van der Waals surface area contributed by atoms with E-state index in [2.05, 4.69) is 10.3 Å². The molecule has 0 aliphatic rings. The molecule has 0 saturated carbocycles. The number of carbonyl (C=O) groups excluding carboxylic acids is 1. The molecule has 0 spiro atoms. The minimum atomic E-state index is -0.467. The van der Waals surface area contributed by atoms with Crippen LogP contribution in [0.2, 0.25) is 5.02 Å². The van der Waals surface area contributed by atoms with E-state index in [1.807, 2.05) is 32.0 Å². The number of thioether (sulfide) groups is 1. The number of anilines is 1. The van der Waals surface area contributed by atoms with Gasteiger partial charge in [-0.3, -0.25) is 14.2 Å². The number of benzene rings is 2. The lowest BCUT2D eigenvalue weighted by Gasteiger charge is -2.17. The molecule has 0 aliphatic heterocycles. The summed E-state index contributed by atoms with van der Waals surface area (Å²) < 4.78 is 7.25. The average molecular weight is 460 g/mol. The fraction of sp³-hybridized carbons (Fsp3) is 0.348. The fourth-order valence-corrected chi connectivity index (χ4v) is 4.12. The maximum atomic E-state index is 13.1. The summed E-state index contributed by atoms with van der Waals surface area (Å²) in [6.07, 6.45) is 0.810. The monoisotopic (exact) mass is 459 g/mol. The third kappa shape index (κ3) is 6.32. The van der Waals surface area contributed by atoms with Crippen LogP contribution < -0.4 is 10.9 Å². The Morgan fingerprint density at radius 2 is 1.97 bits per heavy atom. The zero-order chi connectivity index (χ0) is 22.4. The van der Waals surface area contributed by atoms with Crippen LogP contribution in [0.5, 0.6) is 0 Å². The van der Waals surface area contributed by atoms with E-state index >= 15 is 0 Å². The first kappa shape index (κ1) is 23.3. The Hall–Kier alpha value is -2.35. The lowest BCUT2D eigenvalue weighted by Crippen LogP contribution is -2.27. The Morgan fingerprint density at radius 1 is 1.19 bits per heavy atom. The van der Waals surface area contributed by atoms with Gasteiger partial charge in [0.25, 0.3) is 5.56 Å². The van der Waals surface area contributed by atoms with Gasteiger partial charge in [0.1, 0.15) is 0 Å². The number of amides is 1. The van der Waals surface area contributed by atoms with Crippen molar-refractivity contribution >= 4 is 45.9 Å². The van der Waals surface area contributed by atoms with Gasteiger partial charge >= 0.3 is 0 Å². The number of aromatic nitrogens is 2. The number of fused-ring (bicyclic) bond motifs is 1. The number of rotatable bonds is 9. The van der Waals surface area contributed by atoms with Crippen LogP contribution >= 0.6 is 23.4 Å². The van der Waals surface area contributed by atoms with Crippen molar-refractivity contribution < 1.29 is 9.53 Å². The van der Waals surface area contributed by atoms with E-state index in [-0.39, 0.29) is 17.6 Å². The zero-order valence-electron chi connectivity index (χ0n) is 17.8. The molecule has 1 N–H and O–H groups in total. The number of halogens is 1. The molecule has 1 amide bonds. The molecule has 0 bridgehead atoms. The molecule has 8 heteroatoms. The highest BCUT2D eigenvalue weighted by atomic mass is 35.5. The number of hydrogen-bond donors (Lipinski definition) is 1. The number of carbonyl (C=O) groups is 1. The smallest absolute Gasteiger partial charge is 0.262 e. The maximum absolute atomic E-state index is 13.1. The van der Waals surface area contributed by atoms with Gasteiger partial charge in [0.15, 0.2) is 5.16 Å². The first-order chi connectivity index (χ1) is 14.8. The van der Waals surface area contributed by atoms with Gasteiger partial charge in [0.2, 0.25) is 5.91 Å². The molecule has 0 radical (unpaired) electrons. The summed E-state index contributed by atoms with van der Waals surface area (Å²) in [7, 11) is 0. The number of hydrogen-bond acceptors (Lipinski definition) is 5. The molecule has 1 aromatic heterocycles. The molecule has 31 heavy (non-hydrogen) atoms. The number of nitrogens with zero attached hydrogens (tertiary/aromatic N) is 2. The topological polar surface area (TPSA) is 73.2 Å². The molecule has 1 atom stereocenters. The zero-order valence-corrected chi connectivity index (χ0v) is 19.4. The van der Waals surface area contributed by atoms with Crippen molar-refractivity contribution in [3.63, 3.8) is 0 Å².